The Bertz CT molecular complexity index is 570. The van der Waals surface area contributed by atoms with Crippen molar-refractivity contribution in [3.8, 4) is 5.75 Å². The fraction of sp³-hybridized carbons (Fsp3) is 0.650. The lowest BCUT2D eigenvalue weighted by atomic mass is 9.86. The van der Waals surface area contributed by atoms with E-state index in [1.807, 2.05) is 12.1 Å². The van der Waals surface area contributed by atoms with Crippen LogP contribution in [0.4, 0.5) is 5.69 Å². The molecule has 1 saturated carbocycles. The Morgan fingerprint density at radius 1 is 1.24 bits per heavy atom. The first-order valence-corrected chi connectivity index (χ1v) is 9.68. The third kappa shape index (κ3) is 4.66. The van der Waals surface area contributed by atoms with Gasteiger partial charge in [-0.15, -0.1) is 0 Å². The molecule has 2 aliphatic rings. The number of nitrogens with zero attached hydrogens (tertiary/aromatic N) is 1. The van der Waals surface area contributed by atoms with Gasteiger partial charge >= 0.3 is 0 Å². The van der Waals surface area contributed by atoms with E-state index in [2.05, 4.69) is 29.3 Å². The fourth-order valence-electron chi connectivity index (χ4n) is 4.15. The number of methoxy groups -OCH3 is 1. The average molecular weight is 346 g/mol. The smallest absolute Gasteiger partial charge is 0.275 e. The number of hydrogen-bond donors (Lipinski definition) is 2. The number of quaternary nitrogens is 1. The van der Waals surface area contributed by atoms with E-state index < -0.39 is 0 Å². The fourth-order valence-corrected chi connectivity index (χ4v) is 4.15. The molecule has 0 bridgehead atoms. The molecule has 1 saturated heterocycles. The zero-order valence-electron chi connectivity index (χ0n) is 15.6. The SMILES string of the molecule is COc1ccccc1N1CC[NH+](CC(=O)N[C@@H]2CCCC[C@H]2C)CC1. The summed E-state index contributed by atoms with van der Waals surface area (Å²) in [6, 6.07) is 8.56. The number of carbonyl (C=O) groups is 1. The van der Waals surface area contributed by atoms with Crippen molar-refractivity contribution in [2.45, 2.75) is 38.6 Å². The summed E-state index contributed by atoms with van der Waals surface area (Å²) < 4.78 is 5.47. The van der Waals surface area contributed by atoms with Crippen LogP contribution < -0.4 is 19.9 Å². The molecule has 1 aliphatic heterocycles. The number of ether oxygens (including phenoxy) is 1. The van der Waals surface area contributed by atoms with Crippen molar-refractivity contribution in [1.82, 2.24) is 5.32 Å². The predicted octanol–water partition coefficient (Wildman–Crippen LogP) is 1.10. The largest absolute Gasteiger partial charge is 0.495 e. The number of piperazine rings is 1. The van der Waals surface area contributed by atoms with Crippen LogP contribution in [0.1, 0.15) is 32.6 Å². The summed E-state index contributed by atoms with van der Waals surface area (Å²) in [6.45, 7) is 6.77. The first-order chi connectivity index (χ1) is 12.2. The molecule has 1 aliphatic carbocycles. The summed E-state index contributed by atoms with van der Waals surface area (Å²) in [7, 11) is 1.72. The van der Waals surface area contributed by atoms with Gasteiger partial charge < -0.3 is 19.9 Å². The van der Waals surface area contributed by atoms with Crippen molar-refractivity contribution in [2.24, 2.45) is 5.92 Å². The maximum absolute atomic E-state index is 12.4. The molecule has 1 aromatic rings. The summed E-state index contributed by atoms with van der Waals surface area (Å²) >= 11 is 0. The second kappa shape index (κ2) is 8.56. The molecule has 0 spiro atoms. The van der Waals surface area contributed by atoms with E-state index in [1.165, 1.54) is 24.2 Å². The van der Waals surface area contributed by atoms with E-state index in [1.54, 1.807) is 7.11 Å². The van der Waals surface area contributed by atoms with Crippen molar-refractivity contribution >= 4 is 11.6 Å². The molecule has 25 heavy (non-hydrogen) atoms. The van der Waals surface area contributed by atoms with Gasteiger partial charge in [-0.3, -0.25) is 4.79 Å². The Balaban J connectivity index is 1.46. The summed E-state index contributed by atoms with van der Waals surface area (Å²) in [4.78, 5) is 16.2. The van der Waals surface area contributed by atoms with Gasteiger partial charge in [-0.1, -0.05) is 31.9 Å². The van der Waals surface area contributed by atoms with Crippen molar-refractivity contribution < 1.29 is 14.4 Å². The highest BCUT2D eigenvalue weighted by Crippen LogP contribution is 2.27. The van der Waals surface area contributed by atoms with Gasteiger partial charge in [0.2, 0.25) is 0 Å². The zero-order chi connectivity index (χ0) is 17.6. The Kier molecular flexibility index (Phi) is 6.19. The van der Waals surface area contributed by atoms with Crippen LogP contribution in [0.15, 0.2) is 24.3 Å². The van der Waals surface area contributed by atoms with Crippen LogP contribution in [0.25, 0.3) is 0 Å². The van der Waals surface area contributed by atoms with Crippen LogP contribution in [-0.4, -0.2) is 51.8 Å². The highest BCUT2D eigenvalue weighted by Gasteiger charge is 2.27. The van der Waals surface area contributed by atoms with E-state index in [0.29, 0.717) is 18.5 Å². The first kappa shape index (κ1) is 18.1. The molecule has 1 amide bonds. The lowest BCUT2D eigenvalue weighted by molar-refractivity contribution is -0.892. The van der Waals surface area contributed by atoms with E-state index >= 15 is 0 Å². The minimum atomic E-state index is 0.222. The van der Waals surface area contributed by atoms with Crippen LogP contribution >= 0.6 is 0 Å². The summed E-state index contributed by atoms with van der Waals surface area (Å²) in [5.74, 6) is 1.77. The Labute approximate surface area is 151 Å². The number of nitrogens with one attached hydrogen (secondary N) is 2. The number of hydrogen-bond acceptors (Lipinski definition) is 3. The number of para-hydroxylation sites is 2. The predicted molar refractivity (Wildman–Crippen MR) is 100 cm³/mol. The lowest BCUT2D eigenvalue weighted by Gasteiger charge is -2.34. The lowest BCUT2D eigenvalue weighted by Crippen LogP contribution is -3.16. The normalized spacial score (nSPS) is 24.8. The molecular formula is C20H32N3O2+. The van der Waals surface area contributed by atoms with E-state index in [-0.39, 0.29) is 5.91 Å². The summed E-state index contributed by atoms with van der Waals surface area (Å²) in [5.41, 5.74) is 1.16. The number of benzene rings is 1. The average Bonchev–Trinajstić information content (AvgIpc) is 2.64. The quantitative estimate of drug-likeness (QED) is 0.839. The molecule has 138 valence electrons. The van der Waals surface area contributed by atoms with Crippen LogP contribution in [0.2, 0.25) is 0 Å². The highest BCUT2D eigenvalue weighted by molar-refractivity contribution is 5.77. The van der Waals surface area contributed by atoms with Crippen LogP contribution in [-0.2, 0) is 4.79 Å². The Hall–Kier alpha value is -1.75. The van der Waals surface area contributed by atoms with Crippen molar-refractivity contribution in [2.75, 3.05) is 44.7 Å². The molecule has 5 heteroatoms. The van der Waals surface area contributed by atoms with E-state index in [4.69, 9.17) is 4.74 Å². The standard InChI is InChI=1S/C20H31N3O2/c1-16-7-3-4-8-17(16)21-20(24)15-22-11-13-23(14-12-22)18-9-5-6-10-19(18)25-2/h5-6,9-10,16-17H,3-4,7-8,11-15H2,1-2H3,(H,21,24)/p+1/t16-,17-/m1/s1. The van der Waals surface area contributed by atoms with Crippen LogP contribution in [0.5, 0.6) is 5.75 Å². The van der Waals surface area contributed by atoms with Crippen LogP contribution in [0.3, 0.4) is 0 Å². The number of amides is 1. The summed E-state index contributed by atoms with van der Waals surface area (Å²) in [5, 5.41) is 3.28. The van der Waals surface area contributed by atoms with Crippen molar-refractivity contribution in [3.63, 3.8) is 0 Å². The van der Waals surface area contributed by atoms with Gasteiger partial charge in [0.25, 0.3) is 5.91 Å². The molecule has 0 aromatic heterocycles. The van der Waals surface area contributed by atoms with Gasteiger partial charge in [-0.2, -0.15) is 0 Å². The molecule has 3 rings (SSSR count). The zero-order valence-corrected chi connectivity index (χ0v) is 15.6. The number of rotatable bonds is 5. The second-order valence-corrected chi connectivity index (χ2v) is 7.52. The van der Waals surface area contributed by atoms with E-state index in [0.717, 1.165) is 44.0 Å². The van der Waals surface area contributed by atoms with Gasteiger partial charge in [0.05, 0.1) is 39.0 Å². The number of anilines is 1. The monoisotopic (exact) mass is 346 g/mol. The van der Waals surface area contributed by atoms with Crippen molar-refractivity contribution in [3.05, 3.63) is 24.3 Å². The number of carbonyl (C=O) groups excluding carboxylic acids is 1. The molecule has 1 aromatic carbocycles. The molecule has 2 atom stereocenters. The summed E-state index contributed by atoms with van der Waals surface area (Å²) in [6.07, 6.45) is 4.95. The molecule has 0 unspecified atom stereocenters. The van der Waals surface area contributed by atoms with Gasteiger partial charge in [-0.25, -0.2) is 0 Å². The topological polar surface area (TPSA) is 46.0 Å². The maximum Gasteiger partial charge on any atom is 0.275 e. The van der Waals surface area contributed by atoms with Gasteiger partial charge in [0, 0.05) is 6.04 Å². The van der Waals surface area contributed by atoms with Crippen molar-refractivity contribution in [1.29, 1.82) is 0 Å². The second-order valence-electron chi connectivity index (χ2n) is 7.52. The molecule has 1 heterocycles. The minimum Gasteiger partial charge on any atom is -0.495 e. The molecule has 2 N–H and O–H groups in total. The maximum atomic E-state index is 12.4. The highest BCUT2D eigenvalue weighted by atomic mass is 16.5. The third-order valence-corrected chi connectivity index (χ3v) is 5.76. The van der Waals surface area contributed by atoms with Gasteiger partial charge in [0.1, 0.15) is 5.75 Å². The van der Waals surface area contributed by atoms with Gasteiger partial charge in [-0.05, 0) is 30.9 Å². The first-order valence-electron chi connectivity index (χ1n) is 9.68. The third-order valence-electron chi connectivity index (χ3n) is 5.76. The molecule has 0 radical (unpaired) electrons. The Morgan fingerprint density at radius 2 is 1.96 bits per heavy atom. The molecule has 5 nitrogen and oxygen atoms in total. The van der Waals surface area contributed by atoms with E-state index in [9.17, 15) is 4.79 Å². The molecule has 2 fully saturated rings. The Morgan fingerprint density at radius 3 is 2.68 bits per heavy atom. The van der Waals surface area contributed by atoms with Crippen LogP contribution in [0, 0.1) is 5.92 Å². The minimum absolute atomic E-state index is 0.222. The van der Waals surface area contributed by atoms with Gasteiger partial charge in [0.15, 0.2) is 6.54 Å². The molecular weight excluding hydrogens is 314 g/mol.